The molecule has 7 atom stereocenters. The number of hydrogen-bond donors (Lipinski definition) is 8. The van der Waals surface area contributed by atoms with Crippen LogP contribution >= 0.6 is 0 Å². The highest BCUT2D eigenvalue weighted by atomic mass is 16.7. The Morgan fingerprint density at radius 3 is 2.37 bits per heavy atom. The Bertz CT molecular complexity index is 1120. The zero-order chi connectivity index (χ0) is 28.0. The molecule has 0 radical (unpaired) electrons. The normalized spacial score (nSPS) is 25.2. The number of carbonyl (C=O) groups is 1. The van der Waals surface area contributed by atoms with Crippen LogP contribution in [0.5, 0.6) is 23.0 Å². The van der Waals surface area contributed by atoms with Gasteiger partial charge in [-0.2, -0.15) is 0 Å². The average molecular weight is 539 g/mol. The Hall–Kier alpha value is -3.43. The number of ether oxygens (including phenoxy) is 4. The minimum absolute atomic E-state index is 0.0700. The van der Waals surface area contributed by atoms with E-state index in [-0.39, 0.29) is 17.1 Å². The lowest BCUT2D eigenvalue weighted by molar-refractivity contribution is -0.306. The predicted molar refractivity (Wildman–Crippen MR) is 128 cm³/mol. The molecule has 0 spiro atoms. The molecule has 1 fully saturated rings. The van der Waals surface area contributed by atoms with Crippen LogP contribution in [0.4, 0.5) is 0 Å². The fraction of sp³-hybridized carbons (Fsp3) is 0.400. The molecule has 208 valence electrons. The molecule has 8 N–H and O–H groups in total. The first-order valence-electron chi connectivity index (χ1n) is 11.4. The second-order valence-corrected chi connectivity index (χ2v) is 8.50. The Morgan fingerprint density at radius 2 is 1.68 bits per heavy atom. The summed E-state index contributed by atoms with van der Waals surface area (Å²) in [6.07, 6.45) is -8.62. The number of rotatable bonds is 10. The molecule has 38 heavy (non-hydrogen) atoms. The number of aromatic hydroxyl groups is 3. The monoisotopic (exact) mass is 538 g/mol. The molecule has 3 rings (SSSR count). The van der Waals surface area contributed by atoms with E-state index < -0.39 is 73.6 Å². The molecule has 0 saturated carbocycles. The summed E-state index contributed by atoms with van der Waals surface area (Å²) in [5.41, 5.74) is 0.599. The Labute approximate surface area is 217 Å². The van der Waals surface area contributed by atoms with E-state index in [0.29, 0.717) is 5.56 Å². The van der Waals surface area contributed by atoms with Crippen molar-refractivity contribution in [3.63, 3.8) is 0 Å². The van der Waals surface area contributed by atoms with Crippen molar-refractivity contribution in [2.24, 2.45) is 0 Å². The summed E-state index contributed by atoms with van der Waals surface area (Å²) in [5.74, 6) is -1.61. The number of carbonyl (C=O) groups excluding carboxylic acids is 1. The molecule has 0 aromatic heterocycles. The van der Waals surface area contributed by atoms with Crippen molar-refractivity contribution in [2.45, 2.75) is 42.9 Å². The maximum absolute atomic E-state index is 12.1. The van der Waals surface area contributed by atoms with E-state index in [4.69, 9.17) is 18.9 Å². The van der Waals surface area contributed by atoms with Gasteiger partial charge >= 0.3 is 5.97 Å². The van der Waals surface area contributed by atoms with Crippen molar-refractivity contribution in [3.8, 4) is 23.0 Å². The third kappa shape index (κ3) is 7.11. The average Bonchev–Trinajstić information content (AvgIpc) is 2.91. The van der Waals surface area contributed by atoms with Gasteiger partial charge in [-0.25, -0.2) is 4.79 Å². The number of phenols is 3. The van der Waals surface area contributed by atoms with Gasteiger partial charge in [-0.3, -0.25) is 0 Å². The standard InChI is InChI=1S/C25H30O13/c1-35-18-8-12(2-5-15(18)27)3-7-20(30)36-11-19-22(32)23(33)24(34)25(38-19)37-10-17(29)21(31)13-4-6-14(26)16(28)9-13/h2-9,17,19,21-29,31-34H,10-11H2,1H3/t17-,19-,21+,22-,23+,24-,25-/m0/s1. The van der Waals surface area contributed by atoms with Gasteiger partial charge in [-0.1, -0.05) is 12.1 Å². The Morgan fingerprint density at radius 1 is 0.974 bits per heavy atom. The molecule has 0 bridgehead atoms. The molecular formula is C25H30O13. The van der Waals surface area contributed by atoms with Gasteiger partial charge in [0.25, 0.3) is 0 Å². The van der Waals surface area contributed by atoms with Crippen molar-refractivity contribution in [2.75, 3.05) is 20.3 Å². The van der Waals surface area contributed by atoms with Crippen molar-refractivity contribution < 1.29 is 64.6 Å². The number of hydrogen-bond acceptors (Lipinski definition) is 13. The molecule has 13 heteroatoms. The number of esters is 1. The van der Waals surface area contributed by atoms with Crippen LogP contribution in [0.1, 0.15) is 17.2 Å². The van der Waals surface area contributed by atoms with Crippen LogP contribution < -0.4 is 4.74 Å². The van der Waals surface area contributed by atoms with E-state index in [2.05, 4.69) is 0 Å². The number of methoxy groups -OCH3 is 1. The van der Waals surface area contributed by atoms with E-state index >= 15 is 0 Å². The van der Waals surface area contributed by atoms with Gasteiger partial charge in [0.2, 0.25) is 0 Å². The number of benzene rings is 2. The van der Waals surface area contributed by atoms with E-state index in [1.807, 2.05) is 0 Å². The first kappa shape index (κ1) is 29.1. The summed E-state index contributed by atoms with van der Waals surface area (Å²) in [7, 11) is 1.37. The maximum atomic E-state index is 12.1. The van der Waals surface area contributed by atoms with E-state index in [0.717, 1.165) is 18.2 Å². The zero-order valence-electron chi connectivity index (χ0n) is 20.2. The van der Waals surface area contributed by atoms with Gasteiger partial charge in [0.05, 0.1) is 13.7 Å². The summed E-state index contributed by atoms with van der Waals surface area (Å²) in [6.45, 7) is -1.12. The molecule has 0 aliphatic carbocycles. The highest BCUT2D eigenvalue weighted by Gasteiger charge is 2.45. The summed E-state index contributed by atoms with van der Waals surface area (Å²) in [5, 5.41) is 79.7. The lowest BCUT2D eigenvalue weighted by Crippen LogP contribution is -2.59. The van der Waals surface area contributed by atoms with Gasteiger partial charge < -0.3 is 59.8 Å². The molecular weight excluding hydrogens is 508 g/mol. The molecule has 2 aromatic rings. The third-order valence-corrected chi connectivity index (χ3v) is 5.81. The first-order chi connectivity index (χ1) is 18.0. The SMILES string of the molecule is COc1cc(C=CC(=O)OC[C@@H]2O[C@H](OC[C@H](O)[C@H](O)c3ccc(O)c(O)c3)[C@@H](O)[C@H](O)[C@H]2O)ccc1O. The van der Waals surface area contributed by atoms with Crippen LogP contribution in [0.15, 0.2) is 42.5 Å². The summed E-state index contributed by atoms with van der Waals surface area (Å²) >= 11 is 0. The largest absolute Gasteiger partial charge is 0.504 e. The van der Waals surface area contributed by atoms with Gasteiger partial charge in [0.15, 0.2) is 29.3 Å². The molecule has 1 aliphatic rings. The maximum Gasteiger partial charge on any atom is 0.330 e. The highest BCUT2D eigenvalue weighted by Crippen LogP contribution is 2.30. The minimum Gasteiger partial charge on any atom is -0.504 e. The van der Waals surface area contributed by atoms with Crippen molar-refractivity contribution >= 4 is 12.0 Å². The molecule has 0 unspecified atom stereocenters. The predicted octanol–water partition coefficient (Wildman–Crippen LogP) is -0.713. The summed E-state index contributed by atoms with van der Waals surface area (Å²) < 4.78 is 20.8. The fourth-order valence-corrected chi connectivity index (χ4v) is 3.60. The smallest absolute Gasteiger partial charge is 0.330 e. The highest BCUT2D eigenvalue weighted by molar-refractivity contribution is 5.87. The molecule has 2 aromatic carbocycles. The quantitative estimate of drug-likeness (QED) is 0.107. The zero-order valence-corrected chi connectivity index (χ0v) is 20.2. The van der Waals surface area contributed by atoms with Crippen LogP contribution in [-0.2, 0) is 19.0 Å². The van der Waals surface area contributed by atoms with Crippen LogP contribution in [-0.4, -0.2) is 104 Å². The van der Waals surface area contributed by atoms with Crippen molar-refractivity contribution in [1.82, 2.24) is 0 Å². The minimum atomic E-state index is -1.74. The number of aliphatic hydroxyl groups excluding tert-OH is 5. The van der Waals surface area contributed by atoms with Crippen LogP contribution in [0.3, 0.4) is 0 Å². The van der Waals surface area contributed by atoms with Crippen LogP contribution in [0.25, 0.3) is 6.08 Å². The number of aliphatic hydroxyl groups is 5. The molecule has 1 saturated heterocycles. The molecule has 0 amide bonds. The lowest BCUT2D eigenvalue weighted by atomic mass is 9.99. The molecule has 1 aliphatic heterocycles. The summed E-state index contributed by atoms with van der Waals surface area (Å²) in [4.78, 5) is 12.1. The second kappa shape index (κ2) is 12.9. The second-order valence-electron chi connectivity index (χ2n) is 8.50. The Kier molecular flexibility index (Phi) is 9.88. The van der Waals surface area contributed by atoms with Crippen molar-refractivity contribution in [1.29, 1.82) is 0 Å². The lowest BCUT2D eigenvalue weighted by Gasteiger charge is -2.40. The topological polar surface area (TPSA) is 216 Å². The molecule has 13 nitrogen and oxygen atoms in total. The Balaban J connectivity index is 1.55. The van der Waals surface area contributed by atoms with Crippen molar-refractivity contribution in [3.05, 3.63) is 53.6 Å². The van der Waals surface area contributed by atoms with Crippen LogP contribution in [0.2, 0.25) is 0 Å². The van der Waals surface area contributed by atoms with Gasteiger partial charge in [-0.15, -0.1) is 0 Å². The first-order valence-corrected chi connectivity index (χ1v) is 11.4. The van der Waals surface area contributed by atoms with Gasteiger partial charge in [-0.05, 0) is 41.5 Å². The van der Waals surface area contributed by atoms with E-state index in [1.165, 1.54) is 37.5 Å². The number of phenolic OH excluding ortho intramolecular Hbond substituents is 3. The third-order valence-electron chi connectivity index (χ3n) is 5.81. The van der Waals surface area contributed by atoms with Gasteiger partial charge in [0, 0.05) is 6.08 Å². The summed E-state index contributed by atoms with van der Waals surface area (Å²) in [6, 6.07) is 7.84. The van der Waals surface area contributed by atoms with Crippen LogP contribution in [0, 0.1) is 0 Å². The van der Waals surface area contributed by atoms with Gasteiger partial charge in [0.1, 0.15) is 43.2 Å². The van der Waals surface area contributed by atoms with E-state index in [9.17, 15) is 45.6 Å². The molecule has 1 heterocycles. The fourth-order valence-electron chi connectivity index (χ4n) is 3.60. The van der Waals surface area contributed by atoms with E-state index in [1.54, 1.807) is 0 Å².